The van der Waals surface area contributed by atoms with E-state index in [-0.39, 0.29) is 30.3 Å². The first-order valence-electron chi connectivity index (χ1n) is 10.5. The molecular formula is C21H29N5O3. The summed E-state index contributed by atoms with van der Waals surface area (Å²) in [4.78, 5) is 45.5. The second-order valence-electron chi connectivity index (χ2n) is 8.12. The lowest BCUT2D eigenvalue weighted by Crippen LogP contribution is -2.54. The summed E-state index contributed by atoms with van der Waals surface area (Å²) in [6.45, 7) is 6.58. The van der Waals surface area contributed by atoms with Crippen molar-refractivity contribution in [1.82, 2.24) is 14.7 Å². The molecule has 0 saturated carbocycles. The van der Waals surface area contributed by atoms with Crippen LogP contribution in [-0.4, -0.2) is 84.4 Å². The monoisotopic (exact) mass is 399 g/mol. The minimum Gasteiger partial charge on any atom is -0.325 e. The highest BCUT2D eigenvalue weighted by molar-refractivity contribution is 6.04. The van der Waals surface area contributed by atoms with E-state index < -0.39 is 0 Å². The van der Waals surface area contributed by atoms with Crippen molar-refractivity contribution >= 4 is 29.2 Å². The Bertz CT molecular complexity index is 784. The van der Waals surface area contributed by atoms with Crippen molar-refractivity contribution in [2.24, 2.45) is 0 Å². The van der Waals surface area contributed by atoms with Crippen LogP contribution in [0.4, 0.5) is 16.2 Å². The van der Waals surface area contributed by atoms with Crippen molar-refractivity contribution in [3.05, 3.63) is 24.3 Å². The van der Waals surface area contributed by atoms with Crippen LogP contribution >= 0.6 is 0 Å². The molecule has 1 aromatic carbocycles. The predicted octanol–water partition coefficient (Wildman–Crippen LogP) is 1.58. The fraction of sp³-hybridized carbons (Fsp3) is 0.571. The van der Waals surface area contributed by atoms with Crippen LogP contribution in [0.3, 0.4) is 0 Å². The molecule has 0 aromatic heterocycles. The first kappa shape index (κ1) is 19.7. The van der Waals surface area contributed by atoms with E-state index in [1.807, 2.05) is 41.0 Å². The number of anilines is 2. The Balaban J connectivity index is 1.38. The number of piperazine rings is 1. The molecule has 8 heteroatoms. The summed E-state index contributed by atoms with van der Waals surface area (Å²) in [6, 6.07) is 7.37. The van der Waals surface area contributed by atoms with Crippen LogP contribution in [-0.2, 0) is 9.59 Å². The van der Waals surface area contributed by atoms with Gasteiger partial charge < -0.3 is 20.0 Å². The van der Waals surface area contributed by atoms with Gasteiger partial charge >= 0.3 is 6.03 Å². The number of hydrogen-bond acceptors (Lipinski definition) is 4. The highest BCUT2D eigenvalue weighted by atomic mass is 16.2. The predicted molar refractivity (Wildman–Crippen MR) is 111 cm³/mol. The van der Waals surface area contributed by atoms with Gasteiger partial charge in [-0.05, 0) is 31.9 Å². The van der Waals surface area contributed by atoms with Crippen LogP contribution in [0.5, 0.6) is 0 Å². The van der Waals surface area contributed by atoms with Crippen molar-refractivity contribution in [3.63, 3.8) is 0 Å². The van der Waals surface area contributed by atoms with E-state index in [0.29, 0.717) is 38.4 Å². The fourth-order valence-corrected chi connectivity index (χ4v) is 4.44. The minimum absolute atomic E-state index is 0.0132. The van der Waals surface area contributed by atoms with Gasteiger partial charge in [0.25, 0.3) is 0 Å². The standard InChI is InChI=1S/C21H29N5O3/c1-16-14-19(27)22-17-6-2-3-7-18(17)26(16)20(28)15-23-10-12-25(13-11-23)21(29)24-8-4-5-9-24/h2-3,6-7,16H,4-5,8-15H2,1H3,(H,22,27). The first-order valence-corrected chi connectivity index (χ1v) is 10.5. The first-order chi connectivity index (χ1) is 14.0. The molecule has 3 aliphatic rings. The van der Waals surface area contributed by atoms with Crippen LogP contribution in [0.15, 0.2) is 24.3 Å². The van der Waals surface area contributed by atoms with Gasteiger partial charge in [-0.2, -0.15) is 0 Å². The molecule has 0 bridgehead atoms. The largest absolute Gasteiger partial charge is 0.325 e. The number of nitrogens with zero attached hydrogens (tertiary/aromatic N) is 4. The van der Waals surface area contributed by atoms with Crippen LogP contribution < -0.4 is 10.2 Å². The van der Waals surface area contributed by atoms with Crippen molar-refractivity contribution < 1.29 is 14.4 Å². The summed E-state index contributed by atoms with van der Waals surface area (Å²) in [5, 5.41) is 2.89. The molecule has 0 spiro atoms. The summed E-state index contributed by atoms with van der Waals surface area (Å²) in [6.07, 6.45) is 2.46. The zero-order valence-electron chi connectivity index (χ0n) is 17.0. The number of fused-ring (bicyclic) bond motifs is 1. The minimum atomic E-state index is -0.204. The summed E-state index contributed by atoms with van der Waals surface area (Å²) >= 11 is 0. The SMILES string of the molecule is CC1CC(=O)Nc2ccccc2N1C(=O)CN1CCN(C(=O)N2CCCC2)CC1. The highest BCUT2D eigenvalue weighted by Crippen LogP contribution is 2.31. The van der Waals surface area contributed by atoms with Crippen LogP contribution in [0, 0.1) is 0 Å². The van der Waals surface area contributed by atoms with E-state index in [1.54, 1.807) is 4.90 Å². The van der Waals surface area contributed by atoms with Crippen LogP contribution in [0.1, 0.15) is 26.2 Å². The number of hydrogen-bond donors (Lipinski definition) is 1. The summed E-state index contributed by atoms with van der Waals surface area (Å²) in [7, 11) is 0. The van der Waals surface area contributed by atoms with E-state index in [2.05, 4.69) is 10.2 Å². The Morgan fingerprint density at radius 3 is 2.38 bits per heavy atom. The third-order valence-corrected chi connectivity index (χ3v) is 6.01. The molecule has 2 saturated heterocycles. The molecule has 4 rings (SSSR count). The molecule has 0 aliphatic carbocycles. The highest BCUT2D eigenvalue weighted by Gasteiger charge is 2.32. The molecule has 3 heterocycles. The second-order valence-corrected chi connectivity index (χ2v) is 8.12. The lowest BCUT2D eigenvalue weighted by Gasteiger charge is -2.37. The van der Waals surface area contributed by atoms with Gasteiger partial charge in [-0.3, -0.25) is 14.5 Å². The molecular weight excluding hydrogens is 370 g/mol. The maximum absolute atomic E-state index is 13.2. The lowest BCUT2D eigenvalue weighted by molar-refractivity contribution is -0.120. The van der Waals surface area contributed by atoms with Gasteiger partial charge in [-0.15, -0.1) is 0 Å². The van der Waals surface area contributed by atoms with E-state index >= 15 is 0 Å². The number of para-hydroxylation sites is 2. The molecule has 0 radical (unpaired) electrons. The lowest BCUT2D eigenvalue weighted by atomic mass is 10.1. The normalized spacial score (nSPS) is 22.9. The van der Waals surface area contributed by atoms with Gasteiger partial charge in [-0.25, -0.2) is 4.79 Å². The van der Waals surface area contributed by atoms with Crippen molar-refractivity contribution in [2.45, 2.75) is 32.2 Å². The Labute approximate surface area is 171 Å². The average Bonchev–Trinajstić information content (AvgIpc) is 3.20. The van der Waals surface area contributed by atoms with Crippen molar-refractivity contribution in [3.8, 4) is 0 Å². The Hall–Kier alpha value is -2.61. The van der Waals surface area contributed by atoms with Crippen LogP contribution in [0.25, 0.3) is 0 Å². The third-order valence-electron chi connectivity index (χ3n) is 6.01. The summed E-state index contributed by atoms with van der Waals surface area (Å²) < 4.78 is 0. The Kier molecular flexibility index (Phi) is 5.71. The third kappa shape index (κ3) is 4.22. The van der Waals surface area contributed by atoms with Crippen molar-refractivity contribution in [2.75, 3.05) is 56.0 Å². The summed E-state index contributed by atoms with van der Waals surface area (Å²) in [5.74, 6) is -0.0879. The average molecular weight is 399 g/mol. The number of rotatable bonds is 2. The number of carbonyl (C=O) groups is 3. The molecule has 1 unspecified atom stereocenters. The van der Waals surface area contributed by atoms with Gasteiger partial charge in [0, 0.05) is 51.7 Å². The molecule has 29 heavy (non-hydrogen) atoms. The molecule has 156 valence electrons. The fourth-order valence-electron chi connectivity index (χ4n) is 4.44. The molecule has 1 atom stereocenters. The number of benzene rings is 1. The van der Waals surface area contributed by atoms with Gasteiger partial charge in [-0.1, -0.05) is 12.1 Å². The molecule has 1 aromatic rings. The number of amides is 4. The molecule has 8 nitrogen and oxygen atoms in total. The quantitative estimate of drug-likeness (QED) is 0.819. The van der Waals surface area contributed by atoms with Gasteiger partial charge in [0.05, 0.1) is 17.9 Å². The van der Waals surface area contributed by atoms with E-state index in [1.165, 1.54) is 0 Å². The summed E-state index contributed by atoms with van der Waals surface area (Å²) in [5.41, 5.74) is 1.43. The smallest absolute Gasteiger partial charge is 0.320 e. The molecule has 1 N–H and O–H groups in total. The Morgan fingerprint density at radius 2 is 1.66 bits per heavy atom. The van der Waals surface area contributed by atoms with E-state index in [4.69, 9.17) is 0 Å². The van der Waals surface area contributed by atoms with E-state index in [0.717, 1.165) is 31.6 Å². The topological polar surface area (TPSA) is 76.2 Å². The Morgan fingerprint density at radius 1 is 1.00 bits per heavy atom. The van der Waals surface area contributed by atoms with Gasteiger partial charge in [0.1, 0.15) is 0 Å². The number of nitrogens with one attached hydrogen (secondary N) is 1. The molecule has 2 fully saturated rings. The van der Waals surface area contributed by atoms with Crippen LogP contribution in [0.2, 0.25) is 0 Å². The number of carbonyl (C=O) groups excluding carboxylic acids is 3. The zero-order chi connectivity index (χ0) is 20.4. The van der Waals surface area contributed by atoms with Gasteiger partial charge in [0.2, 0.25) is 11.8 Å². The molecule has 3 aliphatic heterocycles. The van der Waals surface area contributed by atoms with E-state index in [9.17, 15) is 14.4 Å². The number of likely N-dealkylation sites (tertiary alicyclic amines) is 1. The van der Waals surface area contributed by atoms with Crippen molar-refractivity contribution in [1.29, 1.82) is 0 Å². The second kappa shape index (κ2) is 8.41. The van der Waals surface area contributed by atoms with Gasteiger partial charge in [0.15, 0.2) is 0 Å². The number of urea groups is 1. The molecule has 4 amide bonds. The zero-order valence-corrected chi connectivity index (χ0v) is 17.0. The maximum atomic E-state index is 13.2. The maximum Gasteiger partial charge on any atom is 0.320 e.